The van der Waals surface area contributed by atoms with E-state index in [0.29, 0.717) is 25.9 Å². The third kappa shape index (κ3) is 2.56. The Morgan fingerprint density at radius 1 is 1.33 bits per heavy atom. The highest BCUT2D eigenvalue weighted by atomic mass is 19.2. The number of hydrogen-bond acceptors (Lipinski definition) is 4. The van der Waals surface area contributed by atoms with Gasteiger partial charge >= 0.3 is 5.69 Å². The van der Waals surface area contributed by atoms with Gasteiger partial charge in [0.2, 0.25) is 11.6 Å². The van der Waals surface area contributed by atoms with Crippen molar-refractivity contribution in [2.45, 2.75) is 18.9 Å². The first kappa shape index (κ1) is 12.7. The second-order valence-electron chi connectivity index (χ2n) is 4.03. The molecule has 18 heavy (non-hydrogen) atoms. The van der Waals surface area contributed by atoms with Crippen molar-refractivity contribution in [1.29, 1.82) is 0 Å². The van der Waals surface area contributed by atoms with E-state index in [1.807, 2.05) is 0 Å². The number of rotatable bonds is 3. The summed E-state index contributed by atoms with van der Waals surface area (Å²) in [6, 6.07) is 1.64. The van der Waals surface area contributed by atoms with E-state index in [0.717, 1.165) is 12.1 Å². The van der Waals surface area contributed by atoms with Crippen molar-refractivity contribution in [3.63, 3.8) is 0 Å². The molecular formula is C11H12F2N2O3. The number of halogens is 2. The van der Waals surface area contributed by atoms with E-state index in [9.17, 15) is 18.9 Å². The van der Waals surface area contributed by atoms with Crippen LogP contribution in [0, 0.1) is 21.7 Å². The molecule has 1 saturated heterocycles. The lowest BCUT2D eigenvalue weighted by Gasteiger charge is -2.23. The minimum atomic E-state index is -1.30. The van der Waals surface area contributed by atoms with Gasteiger partial charge in [-0.3, -0.25) is 10.1 Å². The average molecular weight is 258 g/mol. The number of benzene rings is 1. The first-order valence-electron chi connectivity index (χ1n) is 5.59. The van der Waals surface area contributed by atoms with Gasteiger partial charge in [0.15, 0.2) is 5.82 Å². The normalized spacial score (nSPS) is 16.6. The largest absolute Gasteiger partial charge is 0.481 e. The van der Waals surface area contributed by atoms with Gasteiger partial charge in [0.05, 0.1) is 4.92 Å². The Hall–Kier alpha value is -1.76. The Kier molecular flexibility index (Phi) is 3.71. The summed E-state index contributed by atoms with van der Waals surface area (Å²) in [7, 11) is 0. The molecule has 0 spiro atoms. The molecule has 1 aromatic carbocycles. The molecule has 0 radical (unpaired) electrons. The maximum absolute atomic E-state index is 13.6. The highest BCUT2D eigenvalue weighted by Gasteiger charge is 2.26. The van der Waals surface area contributed by atoms with Crippen LogP contribution < -0.4 is 10.1 Å². The summed E-state index contributed by atoms with van der Waals surface area (Å²) in [5.74, 6) is -3.06. The van der Waals surface area contributed by atoms with Gasteiger partial charge in [0.25, 0.3) is 0 Å². The fourth-order valence-corrected chi connectivity index (χ4v) is 1.86. The van der Waals surface area contributed by atoms with Crippen LogP contribution in [0.15, 0.2) is 12.1 Å². The number of nitrogens with zero attached hydrogens (tertiary/aromatic N) is 1. The molecule has 0 saturated carbocycles. The third-order valence-electron chi connectivity index (χ3n) is 2.80. The fraction of sp³-hybridized carbons (Fsp3) is 0.455. The minimum Gasteiger partial charge on any atom is -0.481 e. The first-order chi connectivity index (χ1) is 8.59. The topological polar surface area (TPSA) is 64.4 Å². The number of nitro groups is 1. The van der Waals surface area contributed by atoms with Gasteiger partial charge < -0.3 is 10.1 Å². The van der Waals surface area contributed by atoms with E-state index >= 15 is 0 Å². The molecule has 0 aliphatic carbocycles. The van der Waals surface area contributed by atoms with Gasteiger partial charge in [-0.1, -0.05) is 0 Å². The zero-order chi connectivity index (χ0) is 13.1. The molecule has 7 heteroatoms. The van der Waals surface area contributed by atoms with Crippen LogP contribution in [-0.2, 0) is 0 Å². The number of nitrogens with one attached hydrogen (secondary N) is 1. The summed E-state index contributed by atoms with van der Waals surface area (Å²) in [5.41, 5.74) is -0.549. The third-order valence-corrected chi connectivity index (χ3v) is 2.80. The number of piperidine rings is 1. The molecule has 0 atom stereocenters. The van der Waals surface area contributed by atoms with Crippen LogP contribution in [0.25, 0.3) is 0 Å². The van der Waals surface area contributed by atoms with Gasteiger partial charge in [-0.15, -0.1) is 0 Å². The number of nitro benzene ring substituents is 1. The molecule has 1 heterocycles. The Labute approximate surface area is 102 Å². The highest BCUT2D eigenvalue weighted by molar-refractivity contribution is 5.47. The van der Waals surface area contributed by atoms with Crippen LogP contribution in [0.4, 0.5) is 14.5 Å². The Morgan fingerprint density at radius 2 is 2.00 bits per heavy atom. The standard InChI is InChI=1S/C11H12F2N2O3/c12-8-1-2-9(15(16)17)11(10(8)13)18-7-3-5-14-6-4-7/h1-2,7,14H,3-6H2. The van der Waals surface area contributed by atoms with Crippen LogP contribution in [0.3, 0.4) is 0 Å². The quantitative estimate of drug-likeness (QED) is 0.665. The van der Waals surface area contributed by atoms with Crippen LogP contribution in [0.5, 0.6) is 5.75 Å². The van der Waals surface area contributed by atoms with Crippen molar-refractivity contribution in [3.8, 4) is 5.75 Å². The molecule has 0 unspecified atom stereocenters. The maximum Gasteiger partial charge on any atom is 0.314 e. The van der Waals surface area contributed by atoms with E-state index in [2.05, 4.69) is 5.32 Å². The van der Waals surface area contributed by atoms with E-state index in [1.54, 1.807) is 0 Å². The molecule has 1 aliphatic heterocycles. The zero-order valence-electron chi connectivity index (χ0n) is 9.49. The average Bonchev–Trinajstić information content (AvgIpc) is 2.36. The van der Waals surface area contributed by atoms with Crippen LogP contribution >= 0.6 is 0 Å². The van der Waals surface area contributed by atoms with E-state index in [-0.39, 0.29) is 6.10 Å². The van der Waals surface area contributed by atoms with E-state index in [1.165, 1.54) is 0 Å². The van der Waals surface area contributed by atoms with Gasteiger partial charge in [-0.25, -0.2) is 4.39 Å². The smallest absolute Gasteiger partial charge is 0.314 e. The second kappa shape index (κ2) is 5.26. The lowest BCUT2D eigenvalue weighted by molar-refractivity contribution is -0.386. The summed E-state index contributed by atoms with van der Waals surface area (Å²) < 4.78 is 31.9. The van der Waals surface area contributed by atoms with Crippen molar-refractivity contribution < 1.29 is 18.4 Å². The molecule has 2 rings (SSSR count). The summed E-state index contributed by atoms with van der Waals surface area (Å²) >= 11 is 0. The van der Waals surface area contributed by atoms with Crippen molar-refractivity contribution in [3.05, 3.63) is 33.9 Å². The molecule has 5 nitrogen and oxygen atoms in total. The molecule has 0 amide bonds. The van der Waals surface area contributed by atoms with Crippen molar-refractivity contribution in [2.75, 3.05) is 13.1 Å². The Balaban J connectivity index is 2.29. The van der Waals surface area contributed by atoms with Crippen LogP contribution in [-0.4, -0.2) is 24.1 Å². The van der Waals surface area contributed by atoms with Gasteiger partial charge in [0, 0.05) is 6.07 Å². The molecule has 0 bridgehead atoms. The lowest BCUT2D eigenvalue weighted by Crippen LogP contribution is -2.34. The molecule has 1 fully saturated rings. The summed E-state index contributed by atoms with van der Waals surface area (Å²) in [5, 5.41) is 13.8. The first-order valence-corrected chi connectivity index (χ1v) is 5.59. The second-order valence-corrected chi connectivity index (χ2v) is 4.03. The van der Waals surface area contributed by atoms with Gasteiger partial charge in [-0.05, 0) is 32.0 Å². The predicted octanol–water partition coefficient (Wildman–Crippen LogP) is 2.00. The lowest BCUT2D eigenvalue weighted by atomic mass is 10.1. The molecule has 0 aromatic heterocycles. The van der Waals surface area contributed by atoms with Crippen molar-refractivity contribution in [1.82, 2.24) is 5.32 Å². The van der Waals surface area contributed by atoms with E-state index < -0.39 is 28.0 Å². The highest BCUT2D eigenvalue weighted by Crippen LogP contribution is 2.33. The molecule has 1 aromatic rings. The fourth-order valence-electron chi connectivity index (χ4n) is 1.86. The van der Waals surface area contributed by atoms with Crippen molar-refractivity contribution >= 4 is 5.69 Å². The minimum absolute atomic E-state index is 0.332. The van der Waals surface area contributed by atoms with Crippen LogP contribution in [0.2, 0.25) is 0 Å². The molecule has 98 valence electrons. The van der Waals surface area contributed by atoms with Crippen molar-refractivity contribution in [2.24, 2.45) is 0 Å². The van der Waals surface area contributed by atoms with Crippen LogP contribution in [0.1, 0.15) is 12.8 Å². The van der Waals surface area contributed by atoms with Gasteiger partial charge in [0.1, 0.15) is 6.10 Å². The van der Waals surface area contributed by atoms with Gasteiger partial charge in [-0.2, -0.15) is 4.39 Å². The number of ether oxygens (including phenoxy) is 1. The SMILES string of the molecule is O=[N+]([O-])c1ccc(F)c(F)c1OC1CCNCC1. The number of hydrogen-bond donors (Lipinski definition) is 1. The molecular weight excluding hydrogens is 246 g/mol. The summed E-state index contributed by atoms with van der Waals surface area (Å²) in [4.78, 5) is 9.97. The molecule has 1 aliphatic rings. The summed E-state index contributed by atoms with van der Waals surface area (Å²) in [6.45, 7) is 1.38. The molecule has 1 N–H and O–H groups in total. The van der Waals surface area contributed by atoms with E-state index in [4.69, 9.17) is 4.74 Å². The summed E-state index contributed by atoms with van der Waals surface area (Å²) in [6.07, 6.45) is 0.876. The maximum atomic E-state index is 13.6. The Morgan fingerprint density at radius 3 is 2.61 bits per heavy atom. The Bertz CT molecular complexity index is 462. The monoisotopic (exact) mass is 258 g/mol. The zero-order valence-corrected chi connectivity index (χ0v) is 9.49. The predicted molar refractivity (Wildman–Crippen MR) is 59.5 cm³/mol.